The average molecular weight is 185 g/mol. The summed E-state index contributed by atoms with van der Waals surface area (Å²) in [5, 5.41) is 0. The number of likely N-dealkylation sites (tertiary alicyclic amines) is 1. The summed E-state index contributed by atoms with van der Waals surface area (Å²) in [7, 11) is 1.79. The molecule has 0 aliphatic carbocycles. The number of methoxy groups -OCH3 is 1. The van der Waals surface area contributed by atoms with Crippen LogP contribution in [0.25, 0.3) is 0 Å². The average Bonchev–Trinajstić information content (AvgIpc) is 2.18. The van der Waals surface area contributed by atoms with Gasteiger partial charge in [-0.3, -0.25) is 4.90 Å². The number of hydrogen-bond acceptors (Lipinski definition) is 2. The molecular formula is C11H23NO. The number of ether oxygens (including phenoxy) is 1. The fourth-order valence-electron chi connectivity index (χ4n) is 2.38. The second-order valence-electron chi connectivity index (χ2n) is 4.10. The van der Waals surface area contributed by atoms with E-state index in [1.165, 1.54) is 32.2 Å². The summed E-state index contributed by atoms with van der Waals surface area (Å²) >= 11 is 0. The van der Waals surface area contributed by atoms with Crippen LogP contribution in [0.3, 0.4) is 0 Å². The molecule has 0 spiro atoms. The zero-order chi connectivity index (χ0) is 9.68. The van der Waals surface area contributed by atoms with Gasteiger partial charge >= 0.3 is 0 Å². The Kier molecular flexibility index (Phi) is 4.74. The van der Waals surface area contributed by atoms with Gasteiger partial charge in [-0.25, -0.2) is 0 Å². The Morgan fingerprint density at radius 1 is 1.46 bits per heavy atom. The first kappa shape index (κ1) is 11.0. The van der Waals surface area contributed by atoms with Crippen LogP contribution in [-0.4, -0.2) is 37.2 Å². The lowest BCUT2D eigenvalue weighted by molar-refractivity contribution is 0.0474. The van der Waals surface area contributed by atoms with Crippen molar-refractivity contribution in [3.05, 3.63) is 0 Å². The molecule has 1 fully saturated rings. The van der Waals surface area contributed by atoms with Gasteiger partial charge in [0.15, 0.2) is 0 Å². The van der Waals surface area contributed by atoms with Crippen LogP contribution in [0.2, 0.25) is 0 Å². The van der Waals surface area contributed by atoms with E-state index in [4.69, 9.17) is 4.74 Å². The summed E-state index contributed by atoms with van der Waals surface area (Å²) in [6.07, 6.45) is 5.44. The normalized spacial score (nSPS) is 27.5. The van der Waals surface area contributed by atoms with Crippen LogP contribution < -0.4 is 0 Å². The Hall–Kier alpha value is -0.0800. The van der Waals surface area contributed by atoms with Gasteiger partial charge in [-0.2, -0.15) is 0 Å². The summed E-state index contributed by atoms with van der Waals surface area (Å²) in [6, 6.07) is 1.40. The summed E-state index contributed by atoms with van der Waals surface area (Å²) in [5.74, 6) is 0. The highest BCUT2D eigenvalue weighted by Crippen LogP contribution is 2.21. The molecule has 1 aliphatic heterocycles. The first-order valence-electron chi connectivity index (χ1n) is 5.54. The smallest absolute Gasteiger partial charge is 0.0615 e. The van der Waals surface area contributed by atoms with Crippen LogP contribution in [0.1, 0.15) is 39.5 Å². The van der Waals surface area contributed by atoms with Crippen molar-refractivity contribution in [2.45, 2.75) is 51.6 Å². The van der Waals surface area contributed by atoms with E-state index < -0.39 is 0 Å². The van der Waals surface area contributed by atoms with E-state index in [1.54, 1.807) is 7.11 Å². The summed E-state index contributed by atoms with van der Waals surface area (Å²) < 4.78 is 5.21. The third kappa shape index (κ3) is 2.96. The van der Waals surface area contributed by atoms with Gasteiger partial charge in [0, 0.05) is 19.2 Å². The molecule has 0 aromatic carbocycles. The van der Waals surface area contributed by atoms with E-state index in [0.29, 0.717) is 6.04 Å². The molecule has 1 rings (SSSR count). The molecule has 13 heavy (non-hydrogen) atoms. The SMILES string of the molecule is CCC1CCCCN1C(C)COC. The summed E-state index contributed by atoms with van der Waals surface area (Å²) in [4.78, 5) is 2.62. The van der Waals surface area contributed by atoms with Crippen molar-refractivity contribution >= 4 is 0 Å². The fraction of sp³-hybridized carbons (Fsp3) is 1.00. The molecular weight excluding hydrogens is 162 g/mol. The van der Waals surface area contributed by atoms with E-state index in [1.807, 2.05) is 0 Å². The predicted molar refractivity (Wildman–Crippen MR) is 56.0 cm³/mol. The highest BCUT2D eigenvalue weighted by molar-refractivity contribution is 4.79. The van der Waals surface area contributed by atoms with Gasteiger partial charge in [0.1, 0.15) is 0 Å². The first-order valence-corrected chi connectivity index (χ1v) is 5.54. The van der Waals surface area contributed by atoms with Crippen molar-refractivity contribution in [2.24, 2.45) is 0 Å². The van der Waals surface area contributed by atoms with Crippen LogP contribution in [0.15, 0.2) is 0 Å². The topological polar surface area (TPSA) is 12.5 Å². The standard InChI is InChI=1S/C11H23NO/c1-4-11-7-5-6-8-12(11)10(2)9-13-3/h10-11H,4-9H2,1-3H3. The van der Waals surface area contributed by atoms with Gasteiger partial charge in [0.25, 0.3) is 0 Å². The van der Waals surface area contributed by atoms with Crippen molar-refractivity contribution in [1.29, 1.82) is 0 Å². The zero-order valence-corrected chi connectivity index (χ0v) is 9.25. The van der Waals surface area contributed by atoms with Crippen LogP contribution >= 0.6 is 0 Å². The molecule has 1 heterocycles. The molecule has 1 aliphatic rings. The minimum Gasteiger partial charge on any atom is -0.383 e. The molecule has 0 N–H and O–H groups in total. The van der Waals surface area contributed by atoms with E-state index in [-0.39, 0.29) is 0 Å². The fourth-order valence-corrected chi connectivity index (χ4v) is 2.38. The van der Waals surface area contributed by atoms with Crippen molar-refractivity contribution in [2.75, 3.05) is 20.3 Å². The second kappa shape index (κ2) is 5.61. The van der Waals surface area contributed by atoms with Crippen LogP contribution in [0, 0.1) is 0 Å². The molecule has 1 saturated heterocycles. The Balaban J connectivity index is 2.43. The van der Waals surface area contributed by atoms with Crippen molar-refractivity contribution in [3.63, 3.8) is 0 Å². The minimum atomic E-state index is 0.593. The zero-order valence-electron chi connectivity index (χ0n) is 9.25. The molecule has 0 bridgehead atoms. The van der Waals surface area contributed by atoms with Gasteiger partial charge in [0.2, 0.25) is 0 Å². The lowest BCUT2D eigenvalue weighted by atomic mass is 9.98. The Labute approximate surface area is 82.3 Å². The van der Waals surface area contributed by atoms with Crippen molar-refractivity contribution in [1.82, 2.24) is 4.90 Å². The molecule has 2 unspecified atom stereocenters. The van der Waals surface area contributed by atoms with E-state index in [0.717, 1.165) is 12.6 Å². The van der Waals surface area contributed by atoms with E-state index in [9.17, 15) is 0 Å². The summed E-state index contributed by atoms with van der Waals surface area (Å²) in [5.41, 5.74) is 0. The quantitative estimate of drug-likeness (QED) is 0.666. The lowest BCUT2D eigenvalue weighted by Gasteiger charge is -2.39. The van der Waals surface area contributed by atoms with Crippen molar-refractivity contribution < 1.29 is 4.74 Å². The molecule has 0 aromatic heterocycles. The number of nitrogens with zero attached hydrogens (tertiary/aromatic N) is 1. The Bertz CT molecular complexity index is 138. The summed E-state index contributed by atoms with van der Waals surface area (Å²) in [6.45, 7) is 6.71. The number of piperidine rings is 1. The maximum absolute atomic E-state index is 5.21. The predicted octanol–water partition coefficient (Wildman–Crippen LogP) is 2.29. The molecule has 78 valence electrons. The Morgan fingerprint density at radius 2 is 2.23 bits per heavy atom. The molecule has 0 amide bonds. The molecule has 2 atom stereocenters. The number of rotatable bonds is 4. The molecule has 0 radical (unpaired) electrons. The van der Waals surface area contributed by atoms with Crippen LogP contribution in [0.5, 0.6) is 0 Å². The van der Waals surface area contributed by atoms with Gasteiger partial charge in [-0.05, 0) is 32.7 Å². The van der Waals surface area contributed by atoms with Crippen LogP contribution in [0.4, 0.5) is 0 Å². The first-order chi connectivity index (χ1) is 6.29. The minimum absolute atomic E-state index is 0.593. The lowest BCUT2D eigenvalue weighted by Crippen LogP contribution is -2.46. The highest BCUT2D eigenvalue weighted by Gasteiger charge is 2.24. The largest absolute Gasteiger partial charge is 0.383 e. The highest BCUT2D eigenvalue weighted by atomic mass is 16.5. The third-order valence-corrected chi connectivity index (χ3v) is 3.12. The van der Waals surface area contributed by atoms with Crippen molar-refractivity contribution in [3.8, 4) is 0 Å². The maximum Gasteiger partial charge on any atom is 0.0615 e. The van der Waals surface area contributed by atoms with Gasteiger partial charge in [-0.15, -0.1) is 0 Å². The maximum atomic E-state index is 5.21. The molecule has 0 saturated carbocycles. The monoisotopic (exact) mass is 185 g/mol. The molecule has 2 nitrogen and oxygen atoms in total. The van der Waals surface area contributed by atoms with Gasteiger partial charge < -0.3 is 4.74 Å². The van der Waals surface area contributed by atoms with Gasteiger partial charge in [0.05, 0.1) is 6.61 Å². The molecule has 0 aromatic rings. The second-order valence-corrected chi connectivity index (χ2v) is 4.10. The third-order valence-electron chi connectivity index (χ3n) is 3.12. The van der Waals surface area contributed by atoms with Gasteiger partial charge in [-0.1, -0.05) is 13.3 Å². The molecule has 2 heteroatoms. The Morgan fingerprint density at radius 3 is 2.85 bits per heavy atom. The van der Waals surface area contributed by atoms with E-state index >= 15 is 0 Å². The van der Waals surface area contributed by atoms with E-state index in [2.05, 4.69) is 18.7 Å². The number of hydrogen-bond donors (Lipinski definition) is 0. The van der Waals surface area contributed by atoms with Crippen LogP contribution in [-0.2, 0) is 4.74 Å².